The number of hydrogen-bond acceptors (Lipinski definition) is 6. The minimum absolute atomic E-state index is 0.381. The van der Waals surface area contributed by atoms with Crippen LogP contribution in [0.25, 0.3) is 21.3 Å². The van der Waals surface area contributed by atoms with E-state index in [2.05, 4.69) is 5.32 Å². The highest BCUT2D eigenvalue weighted by atomic mass is 32.1. The van der Waals surface area contributed by atoms with Gasteiger partial charge in [0.2, 0.25) is 5.91 Å². The minimum atomic E-state index is -0.866. The highest BCUT2D eigenvalue weighted by molar-refractivity contribution is 7.17. The zero-order valence-corrected chi connectivity index (χ0v) is 18.0. The molecular formula is C23H22FN5OS. The summed E-state index contributed by atoms with van der Waals surface area (Å²) >= 11 is 1.52. The van der Waals surface area contributed by atoms with Gasteiger partial charge in [-0.1, -0.05) is 42.5 Å². The molecule has 2 heterocycles. The molecule has 0 saturated heterocycles. The van der Waals surface area contributed by atoms with Gasteiger partial charge < -0.3 is 16.0 Å². The molecule has 0 fully saturated rings. The second-order valence-corrected chi connectivity index (χ2v) is 8.31. The van der Waals surface area contributed by atoms with Gasteiger partial charge in [-0.3, -0.25) is 4.79 Å². The Bertz CT molecular complexity index is 1210. The summed E-state index contributed by atoms with van der Waals surface area (Å²) < 4.78 is 13.4. The molecule has 0 aliphatic rings. The Hall–Kier alpha value is -3.36. The topological polar surface area (TPSA) is 84.1 Å². The van der Waals surface area contributed by atoms with E-state index in [1.165, 1.54) is 23.5 Å². The second-order valence-electron chi connectivity index (χ2n) is 7.45. The van der Waals surface area contributed by atoms with Gasteiger partial charge in [-0.15, -0.1) is 11.3 Å². The highest BCUT2D eigenvalue weighted by Crippen LogP contribution is 2.38. The van der Waals surface area contributed by atoms with E-state index < -0.39 is 11.9 Å². The lowest BCUT2D eigenvalue weighted by atomic mass is 10.0. The summed E-state index contributed by atoms with van der Waals surface area (Å²) in [6.07, 6.45) is 0. The van der Waals surface area contributed by atoms with Crippen molar-refractivity contribution in [1.82, 2.24) is 14.9 Å². The van der Waals surface area contributed by atoms with Gasteiger partial charge in [0.25, 0.3) is 0 Å². The van der Waals surface area contributed by atoms with E-state index in [-0.39, 0.29) is 5.82 Å². The first kappa shape index (κ1) is 20.9. The number of halogens is 1. The first-order valence-corrected chi connectivity index (χ1v) is 10.6. The fourth-order valence-electron chi connectivity index (χ4n) is 3.38. The molecule has 1 unspecified atom stereocenters. The molecule has 0 aliphatic heterocycles. The van der Waals surface area contributed by atoms with Crippen LogP contribution >= 0.6 is 11.3 Å². The Morgan fingerprint density at radius 2 is 1.84 bits per heavy atom. The van der Waals surface area contributed by atoms with Crippen LogP contribution in [-0.4, -0.2) is 34.9 Å². The summed E-state index contributed by atoms with van der Waals surface area (Å²) in [5.41, 5.74) is 8.26. The van der Waals surface area contributed by atoms with Gasteiger partial charge >= 0.3 is 0 Å². The van der Waals surface area contributed by atoms with Crippen LogP contribution in [0.4, 0.5) is 10.2 Å². The lowest BCUT2D eigenvalue weighted by molar-refractivity contribution is -0.118. The molecule has 0 bridgehead atoms. The number of aromatic nitrogens is 2. The number of nitrogens with zero attached hydrogens (tertiary/aromatic N) is 3. The third kappa shape index (κ3) is 4.55. The van der Waals surface area contributed by atoms with E-state index in [0.717, 1.165) is 21.3 Å². The van der Waals surface area contributed by atoms with Crippen LogP contribution in [0.5, 0.6) is 0 Å². The molecular weight excluding hydrogens is 413 g/mol. The van der Waals surface area contributed by atoms with Gasteiger partial charge in [0.05, 0.1) is 11.9 Å². The molecule has 4 rings (SSSR count). The number of amides is 1. The summed E-state index contributed by atoms with van der Waals surface area (Å²) in [4.78, 5) is 24.5. The van der Waals surface area contributed by atoms with Crippen LogP contribution in [0, 0.1) is 5.82 Å². The largest absolute Gasteiger partial charge is 0.368 e. The number of fused-ring (bicyclic) bond motifs is 1. The Morgan fingerprint density at radius 1 is 1.13 bits per heavy atom. The molecule has 1 atom stereocenters. The Labute approximate surface area is 183 Å². The SMILES string of the molecule is CN(C)Cc1nc(NC(C(N)=O)c2ccc(F)cc2)c2c(-c3ccccc3)csc2n1. The fraction of sp³-hybridized carbons (Fsp3) is 0.174. The average Bonchev–Trinajstić information content (AvgIpc) is 3.17. The molecule has 2 aromatic heterocycles. The molecule has 0 saturated carbocycles. The summed E-state index contributed by atoms with van der Waals surface area (Å²) in [5.74, 6) is 0.191. The first-order valence-electron chi connectivity index (χ1n) is 9.72. The smallest absolute Gasteiger partial charge is 0.244 e. The zero-order chi connectivity index (χ0) is 22.0. The number of carbonyl (C=O) groups is 1. The Morgan fingerprint density at radius 3 is 2.48 bits per heavy atom. The molecule has 0 spiro atoms. The quantitative estimate of drug-likeness (QED) is 0.455. The van der Waals surface area contributed by atoms with E-state index in [1.54, 1.807) is 12.1 Å². The minimum Gasteiger partial charge on any atom is -0.368 e. The number of hydrogen-bond donors (Lipinski definition) is 2. The Kier molecular flexibility index (Phi) is 5.92. The summed E-state index contributed by atoms with van der Waals surface area (Å²) in [7, 11) is 3.88. The molecule has 0 radical (unpaired) electrons. The van der Waals surface area contributed by atoms with Gasteiger partial charge in [0.15, 0.2) is 0 Å². The Balaban J connectivity index is 1.85. The number of anilines is 1. The molecule has 1 amide bonds. The molecule has 158 valence electrons. The second kappa shape index (κ2) is 8.79. The van der Waals surface area contributed by atoms with Crippen LogP contribution in [0.1, 0.15) is 17.4 Å². The predicted molar refractivity (Wildman–Crippen MR) is 122 cm³/mol. The van der Waals surface area contributed by atoms with Crippen LogP contribution in [0.15, 0.2) is 60.0 Å². The van der Waals surface area contributed by atoms with Crippen LogP contribution < -0.4 is 11.1 Å². The third-order valence-electron chi connectivity index (χ3n) is 4.79. The molecule has 8 heteroatoms. The number of thiophene rings is 1. The van der Waals surface area contributed by atoms with E-state index in [0.29, 0.717) is 23.8 Å². The molecule has 31 heavy (non-hydrogen) atoms. The van der Waals surface area contributed by atoms with Crippen molar-refractivity contribution < 1.29 is 9.18 Å². The summed E-state index contributed by atoms with van der Waals surface area (Å²) in [6, 6.07) is 14.8. The van der Waals surface area contributed by atoms with Crippen molar-refractivity contribution in [1.29, 1.82) is 0 Å². The van der Waals surface area contributed by atoms with Crippen LogP contribution in [0.2, 0.25) is 0 Å². The normalized spacial score (nSPS) is 12.3. The van der Waals surface area contributed by atoms with E-state index in [4.69, 9.17) is 15.7 Å². The number of rotatable bonds is 7. The van der Waals surface area contributed by atoms with E-state index in [1.807, 2.05) is 54.7 Å². The monoisotopic (exact) mass is 435 g/mol. The van der Waals surface area contributed by atoms with Crippen molar-refractivity contribution >= 4 is 33.3 Å². The zero-order valence-electron chi connectivity index (χ0n) is 17.2. The predicted octanol–water partition coefficient (Wildman–Crippen LogP) is 4.20. The van der Waals surface area contributed by atoms with Crippen molar-refractivity contribution in [2.75, 3.05) is 19.4 Å². The molecule has 2 aromatic carbocycles. The maximum absolute atomic E-state index is 13.4. The van der Waals surface area contributed by atoms with Crippen molar-refractivity contribution in [3.8, 4) is 11.1 Å². The standard InChI is InChI=1S/C23H22FN5OS/c1-29(2)12-18-26-22(28-20(21(25)30)15-8-10-16(24)11-9-15)19-17(13-31-23(19)27-18)14-6-4-3-5-7-14/h3-11,13,20H,12H2,1-2H3,(H2,25,30)(H,26,27,28). The maximum atomic E-state index is 13.4. The lowest BCUT2D eigenvalue weighted by Gasteiger charge is -2.19. The third-order valence-corrected chi connectivity index (χ3v) is 5.66. The van der Waals surface area contributed by atoms with Crippen molar-refractivity contribution in [2.24, 2.45) is 5.73 Å². The van der Waals surface area contributed by atoms with Crippen LogP contribution in [-0.2, 0) is 11.3 Å². The number of nitrogens with one attached hydrogen (secondary N) is 1. The first-order chi connectivity index (χ1) is 14.9. The molecule has 6 nitrogen and oxygen atoms in total. The highest BCUT2D eigenvalue weighted by Gasteiger charge is 2.22. The van der Waals surface area contributed by atoms with Crippen LogP contribution in [0.3, 0.4) is 0 Å². The molecule has 0 aliphatic carbocycles. The van der Waals surface area contributed by atoms with Gasteiger partial charge in [0, 0.05) is 10.9 Å². The van der Waals surface area contributed by atoms with Crippen molar-refractivity contribution in [2.45, 2.75) is 12.6 Å². The van der Waals surface area contributed by atoms with Crippen molar-refractivity contribution in [3.05, 3.63) is 77.2 Å². The molecule has 4 aromatic rings. The number of primary amides is 1. The summed E-state index contributed by atoms with van der Waals surface area (Å²) in [6.45, 7) is 0.543. The maximum Gasteiger partial charge on any atom is 0.244 e. The number of benzene rings is 2. The lowest BCUT2D eigenvalue weighted by Crippen LogP contribution is -2.28. The average molecular weight is 436 g/mol. The van der Waals surface area contributed by atoms with Crippen molar-refractivity contribution in [3.63, 3.8) is 0 Å². The van der Waals surface area contributed by atoms with Gasteiger partial charge in [-0.05, 0) is 37.4 Å². The molecule has 3 N–H and O–H groups in total. The number of nitrogens with two attached hydrogens (primary N) is 1. The summed E-state index contributed by atoms with van der Waals surface area (Å²) in [5, 5.41) is 6.07. The van der Waals surface area contributed by atoms with Gasteiger partial charge in [-0.25, -0.2) is 14.4 Å². The van der Waals surface area contributed by atoms with E-state index in [9.17, 15) is 9.18 Å². The van der Waals surface area contributed by atoms with Gasteiger partial charge in [-0.2, -0.15) is 0 Å². The van der Waals surface area contributed by atoms with E-state index >= 15 is 0 Å². The fourth-order valence-corrected chi connectivity index (χ4v) is 4.35. The number of carbonyl (C=O) groups excluding carboxylic acids is 1. The van der Waals surface area contributed by atoms with Gasteiger partial charge in [0.1, 0.15) is 28.3 Å².